The Morgan fingerprint density at radius 3 is 2.77 bits per heavy atom. The molecule has 1 aliphatic carbocycles. The summed E-state index contributed by atoms with van der Waals surface area (Å²) in [5.41, 5.74) is 1.85. The number of hydrogen-bond donors (Lipinski definition) is 2. The van der Waals surface area contributed by atoms with Gasteiger partial charge >= 0.3 is 0 Å². The smallest absolute Gasteiger partial charge is 0.220 e. The van der Waals surface area contributed by atoms with Crippen LogP contribution < -0.4 is 5.32 Å². The van der Waals surface area contributed by atoms with Crippen molar-refractivity contribution in [3.63, 3.8) is 0 Å². The van der Waals surface area contributed by atoms with Gasteiger partial charge in [0.1, 0.15) is 0 Å². The van der Waals surface area contributed by atoms with Crippen molar-refractivity contribution in [2.24, 2.45) is 5.92 Å². The van der Waals surface area contributed by atoms with E-state index in [1.807, 2.05) is 36.4 Å². The summed E-state index contributed by atoms with van der Waals surface area (Å²) >= 11 is 1.64. The van der Waals surface area contributed by atoms with E-state index in [1.54, 1.807) is 17.5 Å². The Labute approximate surface area is 156 Å². The summed E-state index contributed by atoms with van der Waals surface area (Å²) in [7, 11) is 0. The van der Waals surface area contributed by atoms with Crippen LogP contribution in [0.1, 0.15) is 36.0 Å². The molecule has 2 aromatic heterocycles. The molecule has 1 saturated carbocycles. The minimum atomic E-state index is -0.258. The molecule has 26 heavy (non-hydrogen) atoms. The zero-order valence-electron chi connectivity index (χ0n) is 14.3. The highest BCUT2D eigenvalue weighted by Gasteiger charge is 2.36. The SMILES string of the molecule is O=C(CCc1nc2ccccc2s1)N[C@@H](c1ccccn1)C1CC(O)C1. The molecule has 4 rings (SSSR count). The normalized spacial score (nSPS) is 20.5. The third kappa shape index (κ3) is 3.76. The summed E-state index contributed by atoms with van der Waals surface area (Å²) in [4.78, 5) is 21.5. The highest BCUT2D eigenvalue weighted by atomic mass is 32.1. The molecule has 0 saturated heterocycles. The third-order valence-corrected chi connectivity index (χ3v) is 5.94. The zero-order valence-corrected chi connectivity index (χ0v) is 15.2. The predicted octanol–water partition coefficient (Wildman–Crippen LogP) is 3.25. The second-order valence-corrected chi connectivity index (χ2v) is 7.88. The van der Waals surface area contributed by atoms with Crippen LogP contribution in [0.25, 0.3) is 10.2 Å². The van der Waals surface area contributed by atoms with Gasteiger partial charge in [-0.2, -0.15) is 0 Å². The lowest BCUT2D eigenvalue weighted by atomic mass is 9.76. The van der Waals surface area contributed by atoms with Crippen molar-refractivity contribution in [2.45, 2.75) is 37.8 Å². The van der Waals surface area contributed by atoms with Crippen molar-refractivity contribution in [3.8, 4) is 0 Å². The second kappa shape index (κ2) is 7.51. The fourth-order valence-corrected chi connectivity index (χ4v) is 4.36. The Hall–Kier alpha value is -2.31. The molecule has 0 radical (unpaired) electrons. The number of fused-ring (bicyclic) bond motifs is 1. The van der Waals surface area contributed by atoms with Gasteiger partial charge in [0.25, 0.3) is 0 Å². The highest BCUT2D eigenvalue weighted by molar-refractivity contribution is 7.18. The molecule has 1 aromatic carbocycles. The first-order chi connectivity index (χ1) is 12.7. The van der Waals surface area contributed by atoms with E-state index in [-0.39, 0.29) is 24.0 Å². The minimum Gasteiger partial charge on any atom is -0.393 e. The number of nitrogens with one attached hydrogen (secondary N) is 1. The number of carbonyl (C=O) groups is 1. The van der Waals surface area contributed by atoms with Gasteiger partial charge in [-0.25, -0.2) is 4.98 Å². The first-order valence-electron chi connectivity index (χ1n) is 8.92. The van der Waals surface area contributed by atoms with Crippen LogP contribution >= 0.6 is 11.3 Å². The number of benzene rings is 1. The molecule has 6 heteroatoms. The quantitative estimate of drug-likeness (QED) is 0.701. The first-order valence-corrected chi connectivity index (χ1v) is 9.73. The monoisotopic (exact) mass is 367 g/mol. The Kier molecular flexibility index (Phi) is 4.95. The maximum absolute atomic E-state index is 12.5. The minimum absolute atomic E-state index is 0.00120. The van der Waals surface area contributed by atoms with Crippen LogP contribution in [0.15, 0.2) is 48.7 Å². The van der Waals surface area contributed by atoms with E-state index in [2.05, 4.69) is 21.4 Å². The van der Waals surface area contributed by atoms with Gasteiger partial charge in [-0.3, -0.25) is 9.78 Å². The van der Waals surface area contributed by atoms with Gasteiger partial charge in [-0.05, 0) is 43.0 Å². The Bertz CT molecular complexity index is 857. The molecule has 1 amide bonds. The van der Waals surface area contributed by atoms with Crippen molar-refractivity contribution >= 4 is 27.5 Å². The molecule has 1 fully saturated rings. The fraction of sp³-hybridized carbons (Fsp3) is 0.350. The van der Waals surface area contributed by atoms with Crippen molar-refractivity contribution in [3.05, 3.63) is 59.4 Å². The molecule has 2 N–H and O–H groups in total. The van der Waals surface area contributed by atoms with E-state index in [4.69, 9.17) is 0 Å². The lowest BCUT2D eigenvalue weighted by molar-refractivity contribution is -0.123. The molecule has 3 aromatic rings. The van der Waals surface area contributed by atoms with Crippen LogP contribution in [0, 0.1) is 5.92 Å². The van der Waals surface area contributed by atoms with Crippen LogP contribution in [-0.2, 0) is 11.2 Å². The van der Waals surface area contributed by atoms with Crippen LogP contribution in [0.3, 0.4) is 0 Å². The van der Waals surface area contributed by atoms with Crippen molar-refractivity contribution in [1.29, 1.82) is 0 Å². The predicted molar refractivity (Wildman–Crippen MR) is 102 cm³/mol. The molecule has 134 valence electrons. The summed E-state index contributed by atoms with van der Waals surface area (Å²) in [5.74, 6) is 0.243. The van der Waals surface area contributed by atoms with E-state index in [1.165, 1.54) is 0 Å². The van der Waals surface area contributed by atoms with Gasteiger partial charge in [0.2, 0.25) is 5.91 Å². The summed E-state index contributed by atoms with van der Waals surface area (Å²) in [6, 6.07) is 13.6. The number of hydrogen-bond acceptors (Lipinski definition) is 5. The number of aryl methyl sites for hydroxylation is 1. The van der Waals surface area contributed by atoms with E-state index in [9.17, 15) is 9.90 Å². The number of carbonyl (C=O) groups excluding carboxylic acids is 1. The molecule has 0 unspecified atom stereocenters. The van der Waals surface area contributed by atoms with Crippen molar-refractivity contribution in [1.82, 2.24) is 15.3 Å². The molecule has 0 bridgehead atoms. The molecule has 0 aliphatic heterocycles. The van der Waals surface area contributed by atoms with Gasteiger partial charge in [0.15, 0.2) is 0 Å². The summed E-state index contributed by atoms with van der Waals surface area (Å²) in [6.07, 6.45) is 3.93. The van der Waals surface area contributed by atoms with E-state index in [0.29, 0.717) is 25.7 Å². The lowest BCUT2D eigenvalue weighted by Gasteiger charge is -2.37. The van der Waals surface area contributed by atoms with Gasteiger partial charge in [-0.15, -0.1) is 11.3 Å². The number of nitrogens with zero attached hydrogens (tertiary/aromatic N) is 2. The number of rotatable bonds is 6. The van der Waals surface area contributed by atoms with Gasteiger partial charge < -0.3 is 10.4 Å². The van der Waals surface area contributed by atoms with Crippen molar-refractivity contribution < 1.29 is 9.90 Å². The summed E-state index contributed by atoms with van der Waals surface area (Å²) in [6.45, 7) is 0. The molecular formula is C20H21N3O2S. The van der Waals surface area contributed by atoms with E-state index < -0.39 is 0 Å². The topological polar surface area (TPSA) is 75.1 Å². The van der Waals surface area contributed by atoms with Crippen LogP contribution in [0.2, 0.25) is 0 Å². The number of aromatic nitrogens is 2. The van der Waals surface area contributed by atoms with Gasteiger partial charge in [0.05, 0.1) is 33.1 Å². The molecule has 5 nitrogen and oxygen atoms in total. The standard InChI is InChI=1S/C20H21N3O2S/c24-14-11-13(12-14)20(16-6-3-4-10-21-16)23-18(25)8-9-19-22-15-5-1-2-7-17(15)26-19/h1-7,10,13-14,20,24H,8-9,11-12H2,(H,23,25)/t13?,14?,20-/m1/s1. The number of aliphatic hydroxyl groups is 1. The molecule has 0 spiro atoms. The third-order valence-electron chi connectivity index (χ3n) is 4.85. The molecule has 2 heterocycles. The maximum Gasteiger partial charge on any atom is 0.220 e. The Morgan fingerprint density at radius 2 is 2.04 bits per heavy atom. The highest BCUT2D eigenvalue weighted by Crippen LogP contribution is 2.37. The van der Waals surface area contributed by atoms with Crippen molar-refractivity contribution in [2.75, 3.05) is 0 Å². The van der Waals surface area contributed by atoms with Gasteiger partial charge in [-0.1, -0.05) is 18.2 Å². The average Bonchev–Trinajstić information content (AvgIpc) is 3.06. The summed E-state index contributed by atoms with van der Waals surface area (Å²) < 4.78 is 1.15. The number of thiazole rings is 1. The number of para-hydroxylation sites is 1. The Morgan fingerprint density at radius 1 is 1.23 bits per heavy atom. The number of pyridine rings is 1. The summed E-state index contributed by atoms with van der Waals surface area (Å²) in [5, 5.41) is 13.7. The van der Waals surface area contributed by atoms with Crippen LogP contribution in [-0.4, -0.2) is 27.1 Å². The fourth-order valence-electron chi connectivity index (χ4n) is 3.39. The largest absolute Gasteiger partial charge is 0.393 e. The van der Waals surface area contributed by atoms with Crippen LogP contribution in [0.4, 0.5) is 0 Å². The second-order valence-electron chi connectivity index (χ2n) is 6.76. The Balaban J connectivity index is 1.40. The maximum atomic E-state index is 12.5. The lowest BCUT2D eigenvalue weighted by Crippen LogP contribution is -2.41. The average molecular weight is 367 g/mol. The molecule has 1 aliphatic rings. The zero-order chi connectivity index (χ0) is 17.9. The molecule has 1 atom stereocenters. The van der Waals surface area contributed by atoms with E-state index >= 15 is 0 Å². The van der Waals surface area contributed by atoms with Crippen LogP contribution in [0.5, 0.6) is 0 Å². The first kappa shape index (κ1) is 17.1. The number of aliphatic hydroxyl groups excluding tert-OH is 1. The van der Waals surface area contributed by atoms with E-state index in [0.717, 1.165) is 20.9 Å². The molecular weight excluding hydrogens is 346 g/mol. The number of amides is 1. The van der Waals surface area contributed by atoms with Gasteiger partial charge in [0, 0.05) is 19.0 Å².